The molecule has 2 amide bonds. The normalized spacial score (nSPS) is 15.1. The van der Waals surface area contributed by atoms with Gasteiger partial charge in [-0.2, -0.15) is 5.10 Å². The van der Waals surface area contributed by atoms with Crippen LogP contribution in [-0.2, 0) is 32.1 Å². The summed E-state index contributed by atoms with van der Waals surface area (Å²) >= 11 is 1.25. The molecule has 0 aliphatic heterocycles. The largest absolute Gasteiger partial charge is 0.329 e. The predicted molar refractivity (Wildman–Crippen MR) is 109 cm³/mol. The number of urea groups is 1. The van der Waals surface area contributed by atoms with Crippen LogP contribution in [0.2, 0.25) is 0 Å². The van der Waals surface area contributed by atoms with Crippen molar-refractivity contribution in [3.8, 4) is 0 Å². The average Bonchev–Trinajstić information content (AvgIpc) is 3.38. The van der Waals surface area contributed by atoms with Crippen molar-refractivity contribution in [3.05, 3.63) is 40.1 Å². The summed E-state index contributed by atoms with van der Waals surface area (Å²) in [7, 11) is 4.10. The topological polar surface area (TPSA) is 73.1 Å². The number of H-pyrrole nitrogens is 1. The molecule has 144 valence electrons. The molecule has 2 aliphatic carbocycles. The predicted octanol–water partition coefficient (Wildman–Crippen LogP) is 3.32. The monoisotopic (exact) mass is 385 g/mol. The molecule has 0 bridgehead atoms. The summed E-state index contributed by atoms with van der Waals surface area (Å²) in [5, 5.41) is 11.2. The lowest BCUT2D eigenvalue weighted by molar-refractivity contribution is 0.257. The molecule has 0 saturated carbocycles. The van der Waals surface area contributed by atoms with Gasteiger partial charge < -0.3 is 10.2 Å². The van der Waals surface area contributed by atoms with E-state index in [-0.39, 0.29) is 6.03 Å². The van der Waals surface area contributed by atoms with Gasteiger partial charge in [-0.3, -0.25) is 9.82 Å². The molecule has 1 heterocycles. The van der Waals surface area contributed by atoms with Gasteiger partial charge in [0.15, 0.2) is 0 Å². The highest BCUT2D eigenvalue weighted by Gasteiger charge is 2.25. The number of nitrogens with zero attached hydrogens (tertiary/aromatic N) is 2. The number of carbonyl (C=O) groups is 1. The second kappa shape index (κ2) is 7.94. The fraction of sp³-hybridized carbons (Fsp3) is 0.500. The number of hydrogen-bond donors (Lipinski definition) is 3. The molecule has 27 heavy (non-hydrogen) atoms. The third-order valence-corrected chi connectivity index (χ3v) is 6.10. The Morgan fingerprint density at radius 3 is 2.52 bits per heavy atom. The first-order valence-corrected chi connectivity index (χ1v) is 10.5. The van der Waals surface area contributed by atoms with Gasteiger partial charge in [-0.1, -0.05) is 6.07 Å². The molecular weight excluding hydrogens is 358 g/mol. The Morgan fingerprint density at radius 2 is 1.85 bits per heavy atom. The van der Waals surface area contributed by atoms with Gasteiger partial charge in [0.1, 0.15) is 5.03 Å². The molecule has 4 rings (SSSR count). The zero-order valence-corrected chi connectivity index (χ0v) is 16.8. The summed E-state index contributed by atoms with van der Waals surface area (Å²) in [6.45, 7) is 0.963. The number of amides is 2. The Bertz CT molecular complexity index is 813. The maximum absolute atomic E-state index is 12.5. The van der Waals surface area contributed by atoms with Crippen molar-refractivity contribution in [3.63, 3.8) is 0 Å². The van der Waals surface area contributed by atoms with E-state index in [4.69, 9.17) is 0 Å². The lowest BCUT2D eigenvalue weighted by Crippen LogP contribution is -2.24. The minimum absolute atomic E-state index is 0.174. The van der Waals surface area contributed by atoms with E-state index in [1.165, 1.54) is 47.0 Å². The van der Waals surface area contributed by atoms with Crippen LogP contribution in [0.4, 0.5) is 10.5 Å². The molecular formula is C20H27N5OS. The minimum Gasteiger partial charge on any atom is -0.309 e. The number of aromatic amines is 1. The van der Waals surface area contributed by atoms with Crippen molar-refractivity contribution >= 4 is 23.7 Å². The van der Waals surface area contributed by atoms with Gasteiger partial charge in [-0.15, -0.1) is 0 Å². The summed E-state index contributed by atoms with van der Waals surface area (Å²) in [6.07, 6.45) is 7.70. The van der Waals surface area contributed by atoms with E-state index in [1.54, 1.807) is 0 Å². The number of aryl methyl sites for hydroxylation is 2. The van der Waals surface area contributed by atoms with Crippen LogP contribution in [0.15, 0.2) is 17.2 Å². The second-order valence-corrected chi connectivity index (χ2v) is 8.50. The highest BCUT2D eigenvalue weighted by atomic mass is 32.2. The van der Waals surface area contributed by atoms with E-state index in [1.807, 2.05) is 6.07 Å². The molecule has 0 saturated heterocycles. The number of rotatable bonds is 6. The van der Waals surface area contributed by atoms with E-state index in [2.05, 4.69) is 45.3 Å². The lowest BCUT2D eigenvalue weighted by atomic mass is 9.99. The molecule has 0 spiro atoms. The summed E-state index contributed by atoms with van der Waals surface area (Å²) in [6, 6.07) is 4.20. The van der Waals surface area contributed by atoms with Crippen LogP contribution in [-0.4, -0.2) is 41.8 Å². The van der Waals surface area contributed by atoms with Crippen LogP contribution in [0.3, 0.4) is 0 Å². The summed E-state index contributed by atoms with van der Waals surface area (Å²) < 4.78 is 2.88. The molecule has 0 unspecified atom stereocenters. The minimum atomic E-state index is -0.174. The van der Waals surface area contributed by atoms with E-state index in [0.717, 1.165) is 55.1 Å². The molecule has 2 aromatic rings. The average molecular weight is 386 g/mol. The van der Waals surface area contributed by atoms with Crippen molar-refractivity contribution in [2.24, 2.45) is 0 Å². The van der Waals surface area contributed by atoms with Crippen molar-refractivity contribution < 1.29 is 4.79 Å². The van der Waals surface area contributed by atoms with Crippen LogP contribution in [0.25, 0.3) is 0 Å². The highest BCUT2D eigenvalue weighted by Crippen LogP contribution is 2.38. The standard InChI is InChI=1S/C20H27N5OS/c1-25(2)10-9-15-12-18(23-22-15)27-24-20(26)21-19-16-7-3-5-13(16)11-14-6-4-8-17(14)19/h11-12H,3-10H2,1-2H3,(H,22,23)(H2,21,24,26). The Labute approximate surface area is 164 Å². The molecule has 1 aromatic heterocycles. The number of likely N-dealkylation sites (N-methyl/N-ethyl adjacent to an activating group) is 1. The first kappa shape index (κ1) is 18.4. The van der Waals surface area contributed by atoms with Gasteiger partial charge in [0.25, 0.3) is 0 Å². The Balaban J connectivity index is 1.38. The fourth-order valence-corrected chi connectivity index (χ4v) is 4.61. The Morgan fingerprint density at radius 1 is 1.15 bits per heavy atom. The highest BCUT2D eigenvalue weighted by molar-refractivity contribution is 7.97. The lowest BCUT2D eigenvalue weighted by Gasteiger charge is -2.16. The first-order chi connectivity index (χ1) is 13.1. The number of aromatic nitrogens is 2. The van der Waals surface area contributed by atoms with Gasteiger partial charge in [0, 0.05) is 36.3 Å². The smallest absolute Gasteiger partial charge is 0.309 e. The summed E-state index contributed by atoms with van der Waals surface area (Å²) in [5.74, 6) is 0. The fourth-order valence-electron chi connectivity index (χ4n) is 4.07. The third kappa shape index (κ3) is 4.14. The van der Waals surface area contributed by atoms with Gasteiger partial charge >= 0.3 is 6.03 Å². The summed E-state index contributed by atoms with van der Waals surface area (Å²) in [5.41, 5.74) is 7.70. The quantitative estimate of drug-likeness (QED) is 0.667. The van der Waals surface area contributed by atoms with Crippen molar-refractivity contribution in [2.45, 2.75) is 50.0 Å². The second-order valence-electron chi connectivity index (χ2n) is 7.68. The van der Waals surface area contributed by atoms with Gasteiger partial charge in [0.05, 0.1) is 0 Å². The van der Waals surface area contributed by atoms with Crippen molar-refractivity contribution in [1.29, 1.82) is 0 Å². The molecule has 7 heteroatoms. The van der Waals surface area contributed by atoms with Crippen LogP contribution in [0, 0.1) is 0 Å². The number of carbonyl (C=O) groups excluding carboxylic acids is 1. The molecule has 0 radical (unpaired) electrons. The number of nitrogens with one attached hydrogen (secondary N) is 3. The van der Waals surface area contributed by atoms with Gasteiger partial charge in [0.2, 0.25) is 0 Å². The van der Waals surface area contributed by atoms with Gasteiger partial charge in [-0.25, -0.2) is 4.79 Å². The third-order valence-electron chi connectivity index (χ3n) is 5.40. The van der Waals surface area contributed by atoms with E-state index < -0.39 is 0 Å². The maximum atomic E-state index is 12.5. The molecule has 0 atom stereocenters. The zero-order chi connectivity index (χ0) is 18.8. The van der Waals surface area contributed by atoms with Crippen LogP contribution >= 0.6 is 11.9 Å². The molecule has 6 nitrogen and oxygen atoms in total. The van der Waals surface area contributed by atoms with Crippen LogP contribution in [0.1, 0.15) is 40.8 Å². The number of hydrogen-bond acceptors (Lipinski definition) is 4. The number of benzene rings is 1. The zero-order valence-electron chi connectivity index (χ0n) is 16.0. The Hall–Kier alpha value is -1.99. The maximum Gasteiger partial charge on any atom is 0.329 e. The SMILES string of the molecule is CN(C)CCc1cc(SNC(=O)Nc2c3c(cc4c2CCC4)CCC3)n[nH]1. The molecule has 0 fully saturated rings. The molecule has 1 aromatic carbocycles. The number of fused-ring (bicyclic) bond motifs is 2. The summed E-state index contributed by atoms with van der Waals surface area (Å²) in [4.78, 5) is 14.7. The van der Waals surface area contributed by atoms with Crippen molar-refractivity contribution in [1.82, 2.24) is 19.8 Å². The van der Waals surface area contributed by atoms with Crippen molar-refractivity contribution in [2.75, 3.05) is 26.0 Å². The van der Waals surface area contributed by atoms with Crippen LogP contribution in [0.5, 0.6) is 0 Å². The van der Waals surface area contributed by atoms with Gasteiger partial charge in [-0.05, 0) is 80.9 Å². The molecule has 3 N–H and O–H groups in total. The van der Waals surface area contributed by atoms with E-state index >= 15 is 0 Å². The first-order valence-electron chi connectivity index (χ1n) is 9.69. The van der Waals surface area contributed by atoms with E-state index in [0.29, 0.717) is 0 Å². The number of anilines is 1. The van der Waals surface area contributed by atoms with E-state index in [9.17, 15) is 4.79 Å². The van der Waals surface area contributed by atoms with Crippen LogP contribution < -0.4 is 10.0 Å². The Kier molecular flexibility index (Phi) is 5.41. The molecule has 2 aliphatic rings.